The van der Waals surface area contributed by atoms with Crippen LogP contribution in [0.25, 0.3) is 0 Å². The average molecular weight is 244 g/mol. The Bertz CT molecular complexity index is 292. The number of thiol groups is 1. The second-order valence-electron chi connectivity index (χ2n) is 3.04. The maximum atomic E-state index is 5.58. The minimum atomic E-state index is -0.738. The van der Waals surface area contributed by atoms with Crippen LogP contribution in [-0.2, 0) is 13.9 Å². The Balaban J connectivity index is 2.34. The highest BCUT2D eigenvalue weighted by molar-refractivity contribution is 7.80. The average Bonchev–Trinajstić information content (AvgIpc) is 2.27. The maximum Gasteiger partial charge on any atom is 0.193 e. The van der Waals surface area contributed by atoms with Crippen molar-refractivity contribution in [3.63, 3.8) is 0 Å². The molecule has 0 aliphatic carbocycles. The van der Waals surface area contributed by atoms with Crippen LogP contribution < -0.4 is 5.19 Å². The molecule has 0 saturated carbocycles. The summed E-state index contributed by atoms with van der Waals surface area (Å²) in [6.45, 7) is 0.474. The van der Waals surface area contributed by atoms with Gasteiger partial charge in [0.2, 0.25) is 0 Å². The van der Waals surface area contributed by atoms with Crippen LogP contribution in [0.15, 0.2) is 29.2 Å². The molecule has 0 atom stereocenters. The number of hydrogen-bond donors (Lipinski definition) is 1. The smallest absolute Gasteiger partial charge is 0.193 e. The van der Waals surface area contributed by atoms with E-state index in [0.717, 1.165) is 4.90 Å². The van der Waals surface area contributed by atoms with E-state index < -0.39 is 9.76 Å². The van der Waals surface area contributed by atoms with Crippen molar-refractivity contribution in [2.75, 3.05) is 20.8 Å². The second kappa shape index (κ2) is 7.03. The van der Waals surface area contributed by atoms with Gasteiger partial charge in [0, 0.05) is 19.1 Å². The highest BCUT2D eigenvalue weighted by Gasteiger charge is 2.05. The summed E-state index contributed by atoms with van der Waals surface area (Å²) in [6, 6.07) is 7.98. The fourth-order valence-electron chi connectivity index (χ4n) is 1.13. The van der Waals surface area contributed by atoms with Crippen LogP contribution in [0.2, 0.25) is 0 Å². The second-order valence-corrected chi connectivity index (χ2v) is 4.99. The van der Waals surface area contributed by atoms with Crippen molar-refractivity contribution in [1.82, 2.24) is 0 Å². The highest BCUT2D eigenvalue weighted by atomic mass is 32.1. The largest absolute Gasteiger partial charge is 0.413 e. The Labute approximate surface area is 98.1 Å². The third-order valence-corrected chi connectivity index (χ3v) is 4.13. The van der Waals surface area contributed by atoms with Crippen molar-refractivity contribution < 1.29 is 13.9 Å². The molecule has 0 amide bonds. The van der Waals surface area contributed by atoms with Gasteiger partial charge in [-0.15, -0.1) is 12.6 Å². The van der Waals surface area contributed by atoms with Crippen LogP contribution in [0, 0.1) is 0 Å². The van der Waals surface area contributed by atoms with Crippen molar-refractivity contribution in [2.45, 2.75) is 11.2 Å². The topological polar surface area (TPSA) is 27.7 Å². The monoisotopic (exact) mass is 244 g/mol. The van der Waals surface area contributed by atoms with E-state index in [1.807, 2.05) is 24.3 Å². The van der Waals surface area contributed by atoms with Crippen LogP contribution in [0.3, 0.4) is 0 Å². The van der Waals surface area contributed by atoms with Gasteiger partial charge in [-0.3, -0.25) is 0 Å². The van der Waals surface area contributed by atoms with Gasteiger partial charge in [0.15, 0.2) is 16.1 Å². The molecule has 0 unspecified atom stereocenters. The summed E-state index contributed by atoms with van der Waals surface area (Å²) >= 11 is 4.36. The van der Waals surface area contributed by atoms with Gasteiger partial charge >= 0.3 is 0 Å². The lowest BCUT2D eigenvalue weighted by atomic mass is 10.4. The Morgan fingerprint density at radius 1 is 1.27 bits per heavy atom. The minimum absolute atomic E-state index is 0.274. The van der Waals surface area contributed by atoms with Crippen molar-refractivity contribution in [3.05, 3.63) is 24.3 Å². The molecule has 0 bridgehead atoms. The maximum absolute atomic E-state index is 5.58. The molecule has 1 rings (SSSR count). The van der Waals surface area contributed by atoms with E-state index in [0.29, 0.717) is 6.61 Å². The molecule has 0 aliphatic heterocycles. The normalized spacial score (nSPS) is 11.7. The molecule has 0 aromatic heterocycles. The van der Waals surface area contributed by atoms with Gasteiger partial charge in [-0.1, -0.05) is 18.2 Å². The van der Waals surface area contributed by atoms with Crippen LogP contribution >= 0.6 is 12.6 Å². The van der Waals surface area contributed by atoms with E-state index in [9.17, 15) is 0 Å². The number of hydrogen-bond acceptors (Lipinski definition) is 4. The molecular formula is C10H16O3SSi. The SMILES string of the molecule is COC(CO[SiH2]c1ccccc1S)OC. The summed E-state index contributed by atoms with van der Waals surface area (Å²) in [5.41, 5.74) is 0. The molecule has 1 aromatic rings. The standard InChI is InChI=1S/C10H16O3SSi/c1-11-10(12-2)7-13-15-9-6-4-3-5-8(9)14/h3-6,10,14H,7,15H2,1-2H3. The third kappa shape index (κ3) is 4.36. The first-order chi connectivity index (χ1) is 7.27. The van der Waals surface area contributed by atoms with E-state index in [-0.39, 0.29) is 6.29 Å². The molecular weight excluding hydrogens is 228 g/mol. The summed E-state index contributed by atoms with van der Waals surface area (Å²) in [5, 5.41) is 1.20. The Morgan fingerprint density at radius 2 is 1.93 bits per heavy atom. The van der Waals surface area contributed by atoms with E-state index in [1.165, 1.54) is 5.19 Å². The van der Waals surface area contributed by atoms with E-state index in [2.05, 4.69) is 12.6 Å². The molecule has 0 aliphatic rings. The Hall–Kier alpha value is -0.333. The zero-order valence-corrected chi connectivity index (χ0v) is 11.3. The van der Waals surface area contributed by atoms with E-state index in [1.54, 1.807) is 14.2 Å². The minimum Gasteiger partial charge on any atom is -0.413 e. The van der Waals surface area contributed by atoms with Gasteiger partial charge in [-0.25, -0.2) is 0 Å². The molecule has 15 heavy (non-hydrogen) atoms. The zero-order valence-electron chi connectivity index (χ0n) is 8.97. The summed E-state index contributed by atoms with van der Waals surface area (Å²) < 4.78 is 15.6. The van der Waals surface area contributed by atoms with Crippen molar-refractivity contribution in [3.8, 4) is 0 Å². The lowest BCUT2D eigenvalue weighted by Crippen LogP contribution is -2.26. The molecule has 5 heteroatoms. The van der Waals surface area contributed by atoms with Crippen LogP contribution in [0.4, 0.5) is 0 Å². The molecule has 0 saturated heterocycles. The van der Waals surface area contributed by atoms with Gasteiger partial charge < -0.3 is 13.9 Å². The predicted octanol–water partition coefficient (Wildman–Crippen LogP) is 0.320. The molecule has 0 heterocycles. The number of rotatable bonds is 6. The van der Waals surface area contributed by atoms with Crippen LogP contribution in [0.5, 0.6) is 0 Å². The first-order valence-corrected chi connectivity index (χ1v) is 6.41. The quantitative estimate of drug-likeness (QED) is 0.444. The van der Waals surface area contributed by atoms with Crippen molar-refractivity contribution >= 4 is 27.6 Å². The van der Waals surface area contributed by atoms with Gasteiger partial charge in [0.25, 0.3) is 0 Å². The fraction of sp³-hybridized carbons (Fsp3) is 0.400. The first-order valence-electron chi connectivity index (χ1n) is 4.68. The summed E-state index contributed by atoms with van der Waals surface area (Å²) in [4.78, 5) is 0.996. The van der Waals surface area contributed by atoms with Crippen molar-refractivity contribution in [2.24, 2.45) is 0 Å². The molecule has 0 spiro atoms. The third-order valence-electron chi connectivity index (χ3n) is 2.03. The summed E-state index contributed by atoms with van der Waals surface area (Å²) in [7, 11) is 2.47. The molecule has 0 N–H and O–H groups in total. The summed E-state index contributed by atoms with van der Waals surface area (Å²) in [6.07, 6.45) is -0.274. The van der Waals surface area contributed by atoms with E-state index >= 15 is 0 Å². The van der Waals surface area contributed by atoms with Gasteiger partial charge in [-0.05, 0) is 11.3 Å². The Kier molecular flexibility index (Phi) is 5.96. The number of methoxy groups -OCH3 is 2. The molecule has 84 valence electrons. The predicted molar refractivity (Wildman–Crippen MR) is 65.6 cm³/mol. The Morgan fingerprint density at radius 3 is 2.53 bits per heavy atom. The lowest BCUT2D eigenvalue weighted by molar-refractivity contribution is -0.121. The highest BCUT2D eigenvalue weighted by Crippen LogP contribution is 2.00. The fourth-order valence-corrected chi connectivity index (χ4v) is 2.51. The van der Waals surface area contributed by atoms with Crippen molar-refractivity contribution in [1.29, 1.82) is 0 Å². The lowest BCUT2D eigenvalue weighted by Gasteiger charge is -2.13. The number of benzene rings is 1. The van der Waals surface area contributed by atoms with E-state index in [4.69, 9.17) is 13.9 Å². The first kappa shape index (κ1) is 12.7. The van der Waals surface area contributed by atoms with Gasteiger partial charge in [0.05, 0.1) is 6.61 Å². The zero-order chi connectivity index (χ0) is 11.1. The van der Waals surface area contributed by atoms with Crippen LogP contribution in [-0.4, -0.2) is 36.9 Å². The summed E-state index contributed by atoms with van der Waals surface area (Å²) in [5.74, 6) is 0. The number of ether oxygens (including phenoxy) is 2. The van der Waals surface area contributed by atoms with Gasteiger partial charge in [0.1, 0.15) is 0 Å². The van der Waals surface area contributed by atoms with Crippen LogP contribution in [0.1, 0.15) is 0 Å². The molecule has 1 aromatic carbocycles. The molecule has 3 nitrogen and oxygen atoms in total. The van der Waals surface area contributed by atoms with Gasteiger partial charge in [-0.2, -0.15) is 0 Å². The molecule has 0 fully saturated rings. The molecule has 0 radical (unpaired) electrons.